The van der Waals surface area contributed by atoms with Gasteiger partial charge in [-0.25, -0.2) is 9.97 Å². The van der Waals surface area contributed by atoms with E-state index < -0.39 is 0 Å². The lowest BCUT2D eigenvalue weighted by Crippen LogP contribution is -2.09. The van der Waals surface area contributed by atoms with Crippen molar-refractivity contribution in [3.8, 4) is 6.07 Å². The second-order valence-corrected chi connectivity index (χ2v) is 4.44. The van der Waals surface area contributed by atoms with Gasteiger partial charge in [-0.05, 0) is 18.6 Å². The van der Waals surface area contributed by atoms with Gasteiger partial charge in [0, 0.05) is 23.5 Å². The number of nitrogens with zero attached hydrogens (tertiary/aromatic N) is 3. The van der Waals surface area contributed by atoms with Crippen LogP contribution in [0.4, 0.5) is 5.69 Å². The van der Waals surface area contributed by atoms with Gasteiger partial charge in [-0.3, -0.25) is 0 Å². The molecule has 5 heteroatoms. The van der Waals surface area contributed by atoms with E-state index in [0.717, 1.165) is 17.1 Å². The molecular weight excluding hydrogens is 232 g/mol. The fourth-order valence-electron chi connectivity index (χ4n) is 1.53. The first-order valence-electron chi connectivity index (χ1n) is 5.35. The Morgan fingerprint density at radius 1 is 1.47 bits per heavy atom. The quantitative estimate of drug-likeness (QED) is 0.898. The zero-order chi connectivity index (χ0) is 12.1. The van der Waals surface area contributed by atoms with E-state index in [1.165, 1.54) is 0 Å². The molecule has 1 N–H and O–H groups in total. The molecule has 0 radical (unpaired) electrons. The maximum Gasteiger partial charge on any atom is 0.142 e. The van der Waals surface area contributed by atoms with Crippen molar-refractivity contribution in [1.82, 2.24) is 9.97 Å². The average molecular weight is 244 g/mol. The Balaban J connectivity index is 2.16. The molecule has 4 nitrogen and oxygen atoms in total. The average Bonchev–Trinajstić information content (AvgIpc) is 2.90. The normalized spacial score (nSPS) is 11.8. The number of pyridine rings is 1. The first-order valence-corrected chi connectivity index (χ1v) is 6.23. The Hall–Kier alpha value is -1.93. The minimum atomic E-state index is 0.184. The number of thiazole rings is 1. The van der Waals surface area contributed by atoms with Crippen molar-refractivity contribution >= 4 is 17.0 Å². The molecule has 17 heavy (non-hydrogen) atoms. The van der Waals surface area contributed by atoms with Gasteiger partial charge in [0.05, 0.1) is 6.04 Å². The molecule has 2 aromatic rings. The molecule has 1 unspecified atom stereocenters. The second kappa shape index (κ2) is 5.41. The number of aromatic nitrogens is 2. The molecule has 2 rings (SSSR count). The van der Waals surface area contributed by atoms with Gasteiger partial charge in [0.2, 0.25) is 0 Å². The predicted octanol–water partition coefficient (Wildman–Crippen LogP) is 2.97. The molecule has 86 valence electrons. The summed E-state index contributed by atoms with van der Waals surface area (Å²) in [6.07, 6.45) is 4.38. The molecule has 2 aromatic heterocycles. The molecule has 0 aliphatic rings. The lowest BCUT2D eigenvalue weighted by molar-refractivity contribution is 0.742. The van der Waals surface area contributed by atoms with Gasteiger partial charge >= 0.3 is 0 Å². The van der Waals surface area contributed by atoms with Gasteiger partial charge in [-0.2, -0.15) is 5.26 Å². The summed E-state index contributed by atoms with van der Waals surface area (Å²) in [5, 5.41) is 15.2. The van der Waals surface area contributed by atoms with Crippen molar-refractivity contribution < 1.29 is 0 Å². The van der Waals surface area contributed by atoms with E-state index in [9.17, 15) is 0 Å². The molecule has 0 saturated heterocycles. The van der Waals surface area contributed by atoms with Crippen LogP contribution in [0, 0.1) is 11.3 Å². The summed E-state index contributed by atoms with van der Waals surface area (Å²) in [5.74, 6) is 0. The minimum absolute atomic E-state index is 0.184. The summed E-state index contributed by atoms with van der Waals surface area (Å²) < 4.78 is 0. The van der Waals surface area contributed by atoms with Crippen LogP contribution in [0.3, 0.4) is 0 Å². The first kappa shape index (κ1) is 11.6. The molecule has 1 atom stereocenters. The van der Waals surface area contributed by atoms with Gasteiger partial charge in [-0.1, -0.05) is 6.92 Å². The smallest absolute Gasteiger partial charge is 0.142 e. The van der Waals surface area contributed by atoms with E-state index in [1.807, 2.05) is 17.5 Å². The van der Waals surface area contributed by atoms with E-state index >= 15 is 0 Å². The second-order valence-electron chi connectivity index (χ2n) is 3.52. The summed E-state index contributed by atoms with van der Waals surface area (Å²) in [4.78, 5) is 8.24. The molecule has 0 aliphatic heterocycles. The summed E-state index contributed by atoms with van der Waals surface area (Å²) in [6.45, 7) is 2.10. The van der Waals surface area contributed by atoms with Crippen molar-refractivity contribution in [3.63, 3.8) is 0 Å². The summed E-state index contributed by atoms with van der Waals surface area (Å²) in [6, 6.07) is 5.82. The number of nitriles is 1. The van der Waals surface area contributed by atoms with E-state index in [0.29, 0.717) is 5.69 Å². The predicted molar refractivity (Wildman–Crippen MR) is 67.7 cm³/mol. The molecule has 0 aromatic carbocycles. The van der Waals surface area contributed by atoms with Gasteiger partial charge in [0.15, 0.2) is 0 Å². The number of hydrogen-bond acceptors (Lipinski definition) is 5. The van der Waals surface area contributed by atoms with E-state index in [2.05, 4.69) is 22.2 Å². The highest BCUT2D eigenvalue weighted by Gasteiger charge is 2.11. The van der Waals surface area contributed by atoms with Crippen molar-refractivity contribution in [2.24, 2.45) is 0 Å². The monoisotopic (exact) mass is 244 g/mol. The van der Waals surface area contributed by atoms with E-state index in [-0.39, 0.29) is 6.04 Å². The summed E-state index contributed by atoms with van der Waals surface area (Å²) in [5.41, 5.74) is 1.32. The van der Waals surface area contributed by atoms with Crippen molar-refractivity contribution in [2.75, 3.05) is 5.32 Å². The Morgan fingerprint density at radius 2 is 2.35 bits per heavy atom. The maximum absolute atomic E-state index is 8.79. The Morgan fingerprint density at radius 3 is 3.00 bits per heavy atom. The zero-order valence-electron chi connectivity index (χ0n) is 9.42. The molecule has 0 saturated carbocycles. The molecule has 0 bridgehead atoms. The van der Waals surface area contributed by atoms with E-state index in [1.54, 1.807) is 29.8 Å². The standard InChI is InChI=1S/C12H12N4S/c1-2-11(12-15-5-6-17-12)16-9-3-4-14-10(7-9)8-13/h3-7,11H,2H2,1H3,(H,14,16). The van der Waals surface area contributed by atoms with Crippen molar-refractivity contribution in [3.05, 3.63) is 40.6 Å². The topological polar surface area (TPSA) is 61.6 Å². The molecule has 2 heterocycles. The van der Waals surface area contributed by atoms with Crippen LogP contribution in [-0.2, 0) is 0 Å². The fourth-order valence-corrected chi connectivity index (χ4v) is 2.30. The lowest BCUT2D eigenvalue weighted by Gasteiger charge is -2.15. The molecule has 0 amide bonds. The SMILES string of the molecule is CCC(Nc1ccnc(C#N)c1)c1nccs1. The van der Waals surface area contributed by atoms with Crippen LogP contribution in [0.2, 0.25) is 0 Å². The van der Waals surface area contributed by atoms with Gasteiger partial charge in [-0.15, -0.1) is 11.3 Å². The largest absolute Gasteiger partial charge is 0.376 e. The Labute approximate surface area is 104 Å². The molecule has 0 aliphatic carbocycles. The number of anilines is 1. The van der Waals surface area contributed by atoms with Crippen molar-refractivity contribution in [1.29, 1.82) is 5.26 Å². The lowest BCUT2D eigenvalue weighted by atomic mass is 10.2. The van der Waals surface area contributed by atoms with Crippen LogP contribution >= 0.6 is 11.3 Å². The van der Waals surface area contributed by atoms with Gasteiger partial charge in [0.1, 0.15) is 16.8 Å². The Kier molecular flexibility index (Phi) is 3.68. The van der Waals surface area contributed by atoms with Crippen LogP contribution in [0.1, 0.15) is 30.1 Å². The summed E-state index contributed by atoms with van der Waals surface area (Å²) in [7, 11) is 0. The molecule has 0 spiro atoms. The number of rotatable bonds is 4. The van der Waals surface area contributed by atoms with Crippen LogP contribution in [-0.4, -0.2) is 9.97 Å². The van der Waals surface area contributed by atoms with Crippen LogP contribution in [0.5, 0.6) is 0 Å². The maximum atomic E-state index is 8.79. The summed E-state index contributed by atoms with van der Waals surface area (Å²) >= 11 is 1.63. The number of hydrogen-bond donors (Lipinski definition) is 1. The highest BCUT2D eigenvalue weighted by Crippen LogP contribution is 2.23. The van der Waals surface area contributed by atoms with Crippen LogP contribution in [0.15, 0.2) is 29.9 Å². The molecular formula is C12H12N4S. The minimum Gasteiger partial charge on any atom is -0.376 e. The van der Waals surface area contributed by atoms with E-state index in [4.69, 9.17) is 5.26 Å². The highest BCUT2D eigenvalue weighted by atomic mass is 32.1. The molecule has 0 fully saturated rings. The van der Waals surface area contributed by atoms with Crippen molar-refractivity contribution in [2.45, 2.75) is 19.4 Å². The van der Waals surface area contributed by atoms with Crippen LogP contribution < -0.4 is 5.32 Å². The fraction of sp³-hybridized carbons (Fsp3) is 0.250. The first-order chi connectivity index (χ1) is 8.33. The third kappa shape index (κ3) is 2.80. The van der Waals surface area contributed by atoms with Crippen LogP contribution in [0.25, 0.3) is 0 Å². The Bertz CT molecular complexity index is 516. The highest BCUT2D eigenvalue weighted by molar-refractivity contribution is 7.09. The third-order valence-electron chi connectivity index (χ3n) is 2.37. The third-order valence-corrected chi connectivity index (χ3v) is 3.26. The number of nitrogens with one attached hydrogen (secondary N) is 1. The zero-order valence-corrected chi connectivity index (χ0v) is 10.2. The van der Waals surface area contributed by atoms with Gasteiger partial charge < -0.3 is 5.32 Å². The van der Waals surface area contributed by atoms with Gasteiger partial charge in [0.25, 0.3) is 0 Å².